The van der Waals surface area contributed by atoms with Gasteiger partial charge in [-0.25, -0.2) is 4.79 Å². The lowest BCUT2D eigenvalue weighted by molar-refractivity contribution is -0.115. The highest BCUT2D eigenvalue weighted by Gasteiger charge is 2.23. The number of carbonyl (C=O) groups excluding carboxylic acids is 2. The third kappa shape index (κ3) is 3.41. The zero-order chi connectivity index (χ0) is 18.8. The van der Waals surface area contributed by atoms with Gasteiger partial charge in [-0.15, -0.1) is 0 Å². The summed E-state index contributed by atoms with van der Waals surface area (Å²) < 4.78 is 15.8. The van der Waals surface area contributed by atoms with Gasteiger partial charge in [0.25, 0.3) is 0 Å². The van der Waals surface area contributed by atoms with Crippen LogP contribution < -0.4 is 14.8 Å². The number of nitrogens with zero attached hydrogens (tertiary/aromatic N) is 1. The number of hydrogen-bond acceptors (Lipinski definition) is 6. The molecule has 8 heteroatoms. The number of H-pyrrole nitrogens is 1. The number of nitrogens with one attached hydrogen (secondary N) is 2. The lowest BCUT2D eigenvalue weighted by atomic mass is 10.1. The molecule has 8 nitrogen and oxygen atoms in total. The Morgan fingerprint density at radius 1 is 1.26 bits per heavy atom. The largest absolute Gasteiger partial charge is 0.462 e. The molecule has 0 aliphatic carbocycles. The molecule has 1 aliphatic heterocycles. The molecule has 4 rings (SSSR count). The molecule has 1 aromatic heterocycles. The summed E-state index contributed by atoms with van der Waals surface area (Å²) in [6.07, 6.45) is 1.88. The van der Waals surface area contributed by atoms with Crippen LogP contribution in [0.4, 0.5) is 5.69 Å². The Morgan fingerprint density at radius 3 is 3.00 bits per heavy atom. The molecule has 0 unspecified atom stereocenters. The molecule has 1 amide bonds. The molecule has 27 heavy (non-hydrogen) atoms. The van der Waals surface area contributed by atoms with Crippen LogP contribution in [-0.4, -0.2) is 35.5 Å². The fourth-order valence-corrected chi connectivity index (χ4v) is 2.91. The molecule has 0 saturated heterocycles. The molecular weight excluding hydrogens is 350 g/mol. The standard InChI is InChI=1S/C19H17N3O5/c1-2-25-19(24)13-7-15(18-16(8-13)26-10-27-18)21-17(23)6-11-3-4-12-9-20-22-14(12)5-11/h3-5,7-9H,2,6,10H2,1H3,(H,20,22)(H,21,23). The summed E-state index contributed by atoms with van der Waals surface area (Å²) in [5, 5.41) is 10.6. The van der Waals surface area contributed by atoms with E-state index < -0.39 is 5.97 Å². The third-order valence-electron chi connectivity index (χ3n) is 4.13. The Hall–Kier alpha value is -3.55. The fraction of sp³-hybridized carbons (Fsp3) is 0.211. The van der Waals surface area contributed by atoms with Gasteiger partial charge in [-0.2, -0.15) is 5.10 Å². The van der Waals surface area contributed by atoms with E-state index in [0.29, 0.717) is 17.2 Å². The molecule has 0 fully saturated rings. The minimum absolute atomic E-state index is 0.0287. The maximum absolute atomic E-state index is 12.5. The second-order valence-corrected chi connectivity index (χ2v) is 5.99. The van der Waals surface area contributed by atoms with E-state index in [-0.39, 0.29) is 31.3 Å². The summed E-state index contributed by atoms with van der Waals surface area (Å²) in [5.74, 6) is 0.0683. The number of amides is 1. The van der Waals surface area contributed by atoms with Crippen LogP contribution in [-0.2, 0) is 16.0 Å². The van der Waals surface area contributed by atoms with Gasteiger partial charge < -0.3 is 19.5 Å². The highest BCUT2D eigenvalue weighted by molar-refractivity contribution is 5.98. The number of ether oxygens (including phenoxy) is 3. The van der Waals surface area contributed by atoms with E-state index in [1.54, 1.807) is 19.2 Å². The first-order valence-corrected chi connectivity index (χ1v) is 8.46. The minimum Gasteiger partial charge on any atom is -0.462 e. The van der Waals surface area contributed by atoms with Crippen LogP contribution in [0.15, 0.2) is 36.5 Å². The van der Waals surface area contributed by atoms with Gasteiger partial charge in [0.15, 0.2) is 11.5 Å². The zero-order valence-electron chi connectivity index (χ0n) is 14.6. The van der Waals surface area contributed by atoms with E-state index in [1.807, 2.05) is 18.2 Å². The van der Waals surface area contributed by atoms with Crippen LogP contribution in [0.5, 0.6) is 11.5 Å². The van der Waals surface area contributed by atoms with Crippen molar-refractivity contribution in [2.75, 3.05) is 18.7 Å². The van der Waals surface area contributed by atoms with Crippen molar-refractivity contribution in [3.8, 4) is 11.5 Å². The fourth-order valence-electron chi connectivity index (χ4n) is 2.91. The highest BCUT2D eigenvalue weighted by Crippen LogP contribution is 2.40. The number of fused-ring (bicyclic) bond motifs is 2. The van der Waals surface area contributed by atoms with Crippen LogP contribution in [0.25, 0.3) is 10.9 Å². The summed E-state index contributed by atoms with van der Waals surface area (Å²) in [7, 11) is 0. The molecule has 2 aromatic carbocycles. The van der Waals surface area contributed by atoms with Gasteiger partial charge in [0.05, 0.1) is 36.0 Å². The maximum atomic E-state index is 12.5. The molecule has 2 N–H and O–H groups in total. The average molecular weight is 367 g/mol. The Morgan fingerprint density at radius 2 is 2.15 bits per heavy atom. The summed E-state index contributed by atoms with van der Waals surface area (Å²) in [6.45, 7) is 2.01. The molecule has 0 spiro atoms. The zero-order valence-corrected chi connectivity index (χ0v) is 14.6. The van der Waals surface area contributed by atoms with Crippen molar-refractivity contribution in [1.29, 1.82) is 0 Å². The summed E-state index contributed by atoms with van der Waals surface area (Å²) >= 11 is 0. The predicted molar refractivity (Wildman–Crippen MR) is 96.9 cm³/mol. The Kier molecular flexibility index (Phi) is 4.37. The number of hydrogen-bond donors (Lipinski definition) is 2. The number of anilines is 1. The van der Waals surface area contributed by atoms with Crippen LogP contribution in [0.2, 0.25) is 0 Å². The first-order valence-electron chi connectivity index (χ1n) is 8.46. The van der Waals surface area contributed by atoms with Crippen LogP contribution in [0.1, 0.15) is 22.8 Å². The number of aromatic nitrogens is 2. The van der Waals surface area contributed by atoms with Crippen molar-refractivity contribution >= 4 is 28.5 Å². The second-order valence-electron chi connectivity index (χ2n) is 5.99. The highest BCUT2D eigenvalue weighted by atomic mass is 16.7. The molecule has 1 aliphatic rings. The molecule has 2 heterocycles. The van der Waals surface area contributed by atoms with E-state index in [2.05, 4.69) is 15.5 Å². The summed E-state index contributed by atoms with van der Waals surface area (Å²) in [5.41, 5.74) is 2.36. The van der Waals surface area contributed by atoms with Crippen molar-refractivity contribution in [3.05, 3.63) is 47.7 Å². The molecule has 138 valence electrons. The van der Waals surface area contributed by atoms with Crippen molar-refractivity contribution in [3.63, 3.8) is 0 Å². The van der Waals surface area contributed by atoms with Gasteiger partial charge in [0.1, 0.15) is 0 Å². The van der Waals surface area contributed by atoms with Gasteiger partial charge in [0.2, 0.25) is 12.7 Å². The SMILES string of the molecule is CCOC(=O)c1cc(NC(=O)Cc2ccc3cn[nH]c3c2)c2c(c1)OCO2. The molecule has 0 saturated carbocycles. The summed E-state index contributed by atoms with van der Waals surface area (Å²) in [4.78, 5) is 24.5. The van der Waals surface area contributed by atoms with Gasteiger partial charge >= 0.3 is 5.97 Å². The monoisotopic (exact) mass is 367 g/mol. The second kappa shape index (κ2) is 6.99. The predicted octanol–water partition coefficient (Wildman–Crippen LogP) is 2.65. The number of carbonyl (C=O) groups is 2. The first kappa shape index (κ1) is 16.9. The Labute approximate surface area is 154 Å². The normalized spacial score (nSPS) is 12.2. The maximum Gasteiger partial charge on any atom is 0.338 e. The van der Waals surface area contributed by atoms with E-state index in [1.165, 1.54) is 6.07 Å². The molecule has 0 atom stereocenters. The van der Waals surface area contributed by atoms with Crippen LogP contribution in [0.3, 0.4) is 0 Å². The smallest absolute Gasteiger partial charge is 0.338 e. The average Bonchev–Trinajstić information content (AvgIpc) is 3.30. The van der Waals surface area contributed by atoms with E-state index in [4.69, 9.17) is 14.2 Å². The quantitative estimate of drug-likeness (QED) is 0.672. The van der Waals surface area contributed by atoms with E-state index in [0.717, 1.165) is 16.5 Å². The number of esters is 1. The number of rotatable bonds is 5. The van der Waals surface area contributed by atoms with Gasteiger partial charge in [-0.1, -0.05) is 12.1 Å². The lowest BCUT2D eigenvalue weighted by Gasteiger charge is -2.11. The van der Waals surface area contributed by atoms with Gasteiger partial charge in [-0.05, 0) is 30.7 Å². The topological polar surface area (TPSA) is 103 Å². The molecule has 0 radical (unpaired) electrons. The third-order valence-corrected chi connectivity index (χ3v) is 4.13. The van der Waals surface area contributed by atoms with Crippen molar-refractivity contribution in [2.24, 2.45) is 0 Å². The van der Waals surface area contributed by atoms with Crippen LogP contribution >= 0.6 is 0 Å². The first-order chi connectivity index (χ1) is 13.1. The van der Waals surface area contributed by atoms with Crippen molar-refractivity contribution < 1.29 is 23.8 Å². The molecule has 0 bridgehead atoms. The minimum atomic E-state index is -0.490. The van der Waals surface area contributed by atoms with E-state index >= 15 is 0 Å². The molecular formula is C19H17N3O5. The van der Waals surface area contributed by atoms with Crippen molar-refractivity contribution in [2.45, 2.75) is 13.3 Å². The van der Waals surface area contributed by atoms with Gasteiger partial charge in [-0.3, -0.25) is 9.89 Å². The van der Waals surface area contributed by atoms with E-state index in [9.17, 15) is 9.59 Å². The Bertz CT molecular complexity index is 1030. The Balaban J connectivity index is 1.55. The molecule has 3 aromatic rings. The summed E-state index contributed by atoms with van der Waals surface area (Å²) in [6, 6.07) is 8.72. The lowest BCUT2D eigenvalue weighted by Crippen LogP contribution is -2.15. The number of aromatic amines is 1. The van der Waals surface area contributed by atoms with Crippen molar-refractivity contribution in [1.82, 2.24) is 10.2 Å². The number of benzene rings is 2. The van der Waals surface area contributed by atoms with Crippen LogP contribution in [0, 0.1) is 0 Å². The van der Waals surface area contributed by atoms with Gasteiger partial charge in [0, 0.05) is 5.39 Å².